The molecule has 6 nitrogen and oxygen atoms in total. The van der Waals surface area contributed by atoms with Gasteiger partial charge in [0.05, 0.1) is 0 Å². The van der Waals surface area contributed by atoms with Crippen molar-refractivity contribution in [1.29, 1.82) is 0 Å². The Labute approximate surface area is 88.7 Å². The van der Waals surface area contributed by atoms with Gasteiger partial charge in [-0.2, -0.15) is 4.98 Å². The second kappa shape index (κ2) is 4.16. The van der Waals surface area contributed by atoms with Gasteiger partial charge in [-0.25, -0.2) is 0 Å². The first-order valence-corrected chi connectivity index (χ1v) is 5.25. The molecule has 0 unspecified atom stereocenters. The Hall–Kier alpha value is -1.14. The van der Waals surface area contributed by atoms with Crippen molar-refractivity contribution in [2.75, 3.05) is 24.5 Å². The van der Waals surface area contributed by atoms with E-state index in [4.69, 9.17) is 0 Å². The van der Waals surface area contributed by atoms with Crippen molar-refractivity contribution in [2.24, 2.45) is 0 Å². The van der Waals surface area contributed by atoms with Crippen molar-refractivity contribution in [3.8, 4) is 0 Å². The number of H-pyrrole nitrogens is 1. The molecule has 15 heavy (non-hydrogen) atoms. The number of hydrogen-bond donors (Lipinski definition) is 3. The lowest BCUT2D eigenvalue weighted by Crippen LogP contribution is -2.49. The fourth-order valence-corrected chi connectivity index (χ4v) is 1.71. The van der Waals surface area contributed by atoms with Crippen LogP contribution in [0.4, 0.5) is 5.95 Å². The number of rotatable bonds is 2. The molecular weight excluding hydrogens is 194 g/mol. The second-order valence-corrected chi connectivity index (χ2v) is 4.00. The molecule has 0 amide bonds. The molecule has 0 aliphatic carbocycles. The molecule has 1 aliphatic rings. The molecule has 84 valence electrons. The topological polar surface area (TPSA) is 77.1 Å². The van der Waals surface area contributed by atoms with E-state index in [1.807, 2.05) is 0 Å². The predicted molar refractivity (Wildman–Crippen MR) is 56.7 cm³/mol. The predicted octanol–water partition coefficient (Wildman–Crippen LogP) is -0.344. The highest BCUT2D eigenvalue weighted by Crippen LogP contribution is 2.13. The van der Waals surface area contributed by atoms with Crippen molar-refractivity contribution < 1.29 is 5.11 Å². The van der Waals surface area contributed by atoms with Crippen LogP contribution in [0, 0.1) is 0 Å². The van der Waals surface area contributed by atoms with Crippen LogP contribution in [0.15, 0.2) is 0 Å². The third-order valence-electron chi connectivity index (χ3n) is 2.54. The fraction of sp³-hybridized carbons (Fsp3) is 0.778. The molecule has 2 heterocycles. The largest absolute Gasteiger partial charge is 0.385 e. The van der Waals surface area contributed by atoms with E-state index >= 15 is 0 Å². The van der Waals surface area contributed by atoms with E-state index < -0.39 is 6.10 Å². The second-order valence-electron chi connectivity index (χ2n) is 4.00. The molecule has 1 aliphatic heterocycles. The smallest absolute Gasteiger partial charge is 0.244 e. The van der Waals surface area contributed by atoms with Gasteiger partial charge in [-0.15, -0.1) is 5.10 Å². The van der Waals surface area contributed by atoms with Crippen molar-refractivity contribution >= 4 is 5.95 Å². The Morgan fingerprint density at radius 2 is 2.40 bits per heavy atom. The number of aliphatic hydroxyl groups excluding tert-OH is 1. The van der Waals surface area contributed by atoms with Gasteiger partial charge in [-0.3, -0.25) is 5.10 Å². The molecule has 0 saturated carbocycles. The van der Waals surface area contributed by atoms with E-state index in [1.54, 1.807) is 6.92 Å². The van der Waals surface area contributed by atoms with Crippen LogP contribution in [0.1, 0.15) is 25.8 Å². The Morgan fingerprint density at radius 1 is 1.60 bits per heavy atom. The van der Waals surface area contributed by atoms with E-state index in [0.29, 0.717) is 17.8 Å². The summed E-state index contributed by atoms with van der Waals surface area (Å²) in [6, 6.07) is 0.451. The van der Waals surface area contributed by atoms with E-state index in [9.17, 15) is 5.11 Å². The van der Waals surface area contributed by atoms with Crippen LogP contribution in [-0.2, 0) is 0 Å². The molecule has 1 fully saturated rings. The molecule has 3 N–H and O–H groups in total. The highest BCUT2D eigenvalue weighted by Gasteiger charge is 2.19. The van der Waals surface area contributed by atoms with Gasteiger partial charge in [0.15, 0.2) is 5.82 Å². The fourth-order valence-electron chi connectivity index (χ4n) is 1.71. The van der Waals surface area contributed by atoms with E-state index in [2.05, 4.69) is 32.3 Å². The minimum absolute atomic E-state index is 0.451. The maximum absolute atomic E-state index is 9.32. The first kappa shape index (κ1) is 10.4. The minimum atomic E-state index is -0.591. The van der Waals surface area contributed by atoms with Crippen molar-refractivity contribution in [2.45, 2.75) is 26.0 Å². The third kappa shape index (κ3) is 2.27. The van der Waals surface area contributed by atoms with Gasteiger partial charge in [-0.1, -0.05) is 0 Å². The number of aromatic nitrogens is 3. The van der Waals surface area contributed by atoms with Gasteiger partial charge >= 0.3 is 0 Å². The third-order valence-corrected chi connectivity index (χ3v) is 2.54. The van der Waals surface area contributed by atoms with Crippen molar-refractivity contribution in [1.82, 2.24) is 20.5 Å². The van der Waals surface area contributed by atoms with Crippen LogP contribution in [0.2, 0.25) is 0 Å². The monoisotopic (exact) mass is 211 g/mol. The Bertz CT molecular complexity index is 324. The Morgan fingerprint density at radius 3 is 3.00 bits per heavy atom. The minimum Gasteiger partial charge on any atom is -0.385 e. The first-order valence-electron chi connectivity index (χ1n) is 5.25. The van der Waals surface area contributed by atoms with Gasteiger partial charge in [0.25, 0.3) is 0 Å². The molecule has 1 aromatic heterocycles. The van der Waals surface area contributed by atoms with Gasteiger partial charge in [0.2, 0.25) is 5.95 Å². The van der Waals surface area contributed by atoms with Gasteiger partial charge in [0.1, 0.15) is 6.10 Å². The number of aromatic amines is 1. The van der Waals surface area contributed by atoms with Gasteiger partial charge < -0.3 is 15.3 Å². The maximum Gasteiger partial charge on any atom is 0.244 e. The average Bonchev–Trinajstić information content (AvgIpc) is 2.66. The quantitative estimate of drug-likeness (QED) is 0.623. The summed E-state index contributed by atoms with van der Waals surface area (Å²) in [5, 5.41) is 19.5. The summed E-state index contributed by atoms with van der Waals surface area (Å²) in [5.74, 6) is 1.20. The van der Waals surface area contributed by atoms with Crippen LogP contribution >= 0.6 is 0 Å². The molecule has 0 radical (unpaired) electrons. The van der Waals surface area contributed by atoms with Crippen LogP contribution in [0.25, 0.3) is 0 Å². The summed E-state index contributed by atoms with van der Waals surface area (Å²) >= 11 is 0. The van der Waals surface area contributed by atoms with E-state index in [1.165, 1.54) is 0 Å². The molecule has 1 saturated heterocycles. The van der Waals surface area contributed by atoms with Crippen LogP contribution in [0.3, 0.4) is 0 Å². The lowest BCUT2D eigenvalue weighted by molar-refractivity contribution is 0.189. The van der Waals surface area contributed by atoms with Gasteiger partial charge in [-0.05, 0) is 13.8 Å². The highest BCUT2D eigenvalue weighted by atomic mass is 16.3. The summed E-state index contributed by atoms with van der Waals surface area (Å²) < 4.78 is 0. The molecular formula is C9H17N5O. The number of nitrogens with one attached hydrogen (secondary N) is 2. The Kier molecular flexibility index (Phi) is 2.88. The Balaban J connectivity index is 2.08. The summed E-state index contributed by atoms with van der Waals surface area (Å²) in [6.45, 7) is 6.55. The zero-order valence-electron chi connectivity index (χ0n) is 9.06. The van der Waals surface area contributed by atoms with Crippen molar-refractivity contribution in [3.05, 3.63) is 5.82 Å². The van der Waals surface area contributed by atoms with Crippen LogP contribution in [-0.4, -0.2) is 46.0 Å². The lowest BCUT2D eigenvalue weighted by Gasteiger charge is -2.30. The molecule has 2 rings (SSSR count). The number of hydrogen-bond acceptors (Lipinski definition) is 5. The maximum atomic E-state index is 9.32. The molecule has 6 heteroatoms. The number of anilines is 1. The van der Waals surface area contributed by atoms with E-state index in [-0.39, 0.29) is 0 Å². The molecule has 0 aromatic carbocycles. The summed E-state index contributed by atoms with van der Waals surface area (Å²) in [4.78, 5) is 6.36. The summed E-state index contributed by atoms with van der Waals surface area (Å²) in [6.07, 6.45) is -0.591. The van der Waals surface area contributed by atoms with Crippen LogP contribution < -0.4 is 10.2 Å². The molecule has 0 bridgehead atoms. The highest BCUT2D eigenvalue weighted by molar-refractivity contribution is 5.30. The average molecular weight is 211 g/mol. The first-order chi connectivity index (χ1) is 7.16. The number of nitrogens with zero attached hydrogens (tertiary/aromatic N) is 3. The van der Waals surface area contributed by atoms with E-state index in [0.717, 1.165) is 19.6 Å². The normalized spacial score (nSPS) is 24.2. The van der Waals surface area contributed by atoms with Crippen molar-refractivity contribution in [3.63, 3.8) is 0 Å². The zero-order valence-corrected chi connectivity index (χ0v) is 9.06. The lowest BCUT2D eigenvalue weighted by atomic mass is 10.2. The molecule has 2 atom stereocenters. The SMILES string of the molecule is C[C@H](O)c1nc(N2CCN[C@@H](C)C2)n[nH]1. The summed E-state index contributed by atoms with van der Waals surface area (Å²) in [5.41, 5.74) is 0. The van der Waals surface area contributed by atoms with Crippen LogP contribution in [0.5, 0.6) is 0 Å². The van der Waals surface area contributed by atoms with Gasteiger partial charge in [0, 0.05) is 25.7 Å². The molecule has 1 aromatic rings. The summed E-state index contributed by atoms with van der Waals surface area (Å²) in [7, 11) is 0. The molecule has 0 spiro atoms. The number of aliphatic hydroxyl groups is 1. The number of piperazine rings is 1. The zero-order chi connectivity index (χ0) is 10.8. The standard InChI is InChI=1S/C9H17N5O/c1-6-5-14(4-3-10-6)9-11-8(7(2)15)12-13-9/h6-7,10,15H,3-5H2,1-2H3,(H,11,12,13)/t6-,7-/m0/s1.